The Hall–Kier alpha value is -3.29. The molecule has 23 heavy (non-hydrogen) atoms. The Morgan fingerprint density at radius 2 is 2.09 bits per heavy atom. The average Bonchev–Trinajstić information content (AvgIpc) is 3.09. The van der Waals surface area contributed by atoms with E-state index in [-0.39, 0.29) is 12.4 Å². The Labute approximate surface area is 130 Å². The number of nitrogens with zero attached hydrogens (tertiary/aromatic N) is 4. The van der Waals surface area contributed by atoms with Gasteiger partial charge in [0.15, 0.2) is 18.2 Å². The number of rotatable bonds is 5. The molecule has 3 aromatic rings. The minimum Gasteiger partial charge on any atom is -0.481 e. The molecule has 0 aliphatic heterocycles. The molecule has 0 unspecified atom stereocenters. The SMILES string of the molecule is O=C(COc1ccccc1F)Nc1cccc(-n2cnnn2)c1. The summed E-state index contributed by atoms with van der Waals surface area (Å²) in [7, 11) is 0. The summed E-state index contributed by atoms with van der Waals surface area (Å²) in [6, 6.07) is 12.9. The number of hydrogen-bond donors (Lipinski definition) is 1. The topological polar surface area (TPSA) is 81.9 Å². The maximum Gasteiger partial charge on any atom is 0.262 e. The zero-order valence-electron chi connectivity index (χ0n) is 11.9. The van der Waals surface area contributed by atoms with E-state index in [4.69, 9.17) is 4.74 Å². The van der Waals surface area contributed by atoms with Crippen molar-refractivity contribution in [3.8, 4) is 11.4 Å². The fourth-order valence-electron chi connectivity index (χ4n) is 1.91. The van der Waals surface area contributed by atoms with Crippen LogP contribution >= 0.6 is 0 Å². The number of halogens is 1. The van der Waals surface area contributed by atoms with Crippen LogP contribution in [0.2, 0.25) is 0 Å². The lowest BCUT2D eigenvalue weighted by molar-refractivity contribution is -0.118. The number of amides is 1. The lowest BCUT2D eigenvalue weighted by Gasteiger charge is -2.09. The third-order valence-corrected chi connectivity index (χ3v) is 2.94. The van der Waals surface area contributed by atoms with Crippen LogP contribution in [0.1, 0.15) is 0 Å². The van der Waals surface area contributed by atoms with Crippen molar-refractivity contribution < 1.29 is 13.9 Å². The molecule has 1 aromatic heterocycles. The van der Waals surface area contributed by atoms with Crippen molar-refractivity contribution in [3.63, 3.8) is 0 Å². The van der Waals surface area contributed by atoms with Crippen molar-refractivity contribution in [2.45, 2.75) is 0 Å². The van der Waals surface area contributed by atoms with E-state index in [9.17, 15) is 9.18 Å². The first kappa shape index (κ1) is 14.6. The molecule has 0 saturated heterocycles. The van der Waals surface area contributed by atoms with E-state index in [1.807, 2.05) is 0 Å². The number of tetrazole rings is 1. The second-order valence-electron chi connectivity index (χ2n) is 4.57. The molecule has 8 heteroatoms. The number of aromatic nitrogens is 4. The summed E-state index contributed by atoms with van der Waals surface area (Å²) < 4.78 is 20.0. The molecular formula is C15H12FN5O2. The van der Waals surface area contributed by atoms with Gasteiger partial charge in [0.05, 0.1) is 5.69 Å². The van der Waals surface area contributed by atoms with Crippen LogP contribution in [0.5, 0.6) is 5.75 Å². The molecule has 0 spiro atoms. The average molecular weight is 313 g/mol. The van der Waals surface area contributed by atoms with Crippen molar-refractivity contribution >= 4 is 11.6 Å². The van der Waals surface area contributed by atoms with Gasteiger partial charge in [-0.1, -0.05) is 18.2 Å². The van der Waals surface area contributed by atoms with E-state index < -0.39 is 11.7 Å². The van der Waals surface area contributed by atoms with Gasteiger partial charge in [-0.2, -0.15) is 0 Å². The van der Waals surface area contributed by atoms with Crippen molar-refractivity contribution in [1.29, 1.82) is 0 Å². The van der Waals surface area contributed by atoms with Crippen LogP contribution in [0.3, 0.4) is 0 Å². The molecule has 1 heterocycles. The third-order valence-electron chi connectivity index (χ3n) is 2.94. The first-order valence-electron chi connectivity index (χ1n) is 6.73. The second kappa shape index (κ2) is 6.65. The van der Waals surface area contributed by atoms with Crippen LogP contribution in [0, 0.1) is 5.82 Å². The molecule has 0 fully saturated rings. The number of nitrogens with one attached hydrogen (secondary N) is 1. The summed E-state index contributed by atoms with van der Waals surface area (Å²) in [4.78, 5) is 11.9. The smallest absolute Gasteiger partial charge is 0.262 e. The molecule has 0 aliphatic rings. The molecule has 1 amide bonds. The quantitative estimate of drug-likeness (QED) is 0.777. The van der Waals surface area contributed by atoms with Crippen LogP contribution in [0.25, 0.3) is 5.69 Å². The molecule has 0 atom stereocenters. The molecule has 116 valence electrons. The molecule has 3 rings (SSSR count). The summed E-state index contributed by atoms with van der Waals surface area (Å²) in [5.74, 6) is -0.881. The number of carbonyl (C=O) groups is 1. The van der Waals surface area contributed by atoms with E-state index >= 15 is 0 Å². The summed E-state index contributed by atoms with van der Waals surface area (Å²) in [5.41, 5.74) is 1.25. The van der Waals surface area contributed by atoms with E-state index in [2.05, 4.69) is 20.8 Å². The Bertz CT molecular complexity index is 807. The van der Waals surface area contributed by atoms with Crippen LogP contribution in [0.4, 0.5) is 10.1 Å². The van der Waals surface area contributed by atoms with Gasteiger partial charge in [0, 0.05) is 5.69 Å². The largest absolute Gasteiger partial charge is 0.481 e. The highest BCUT2D eigenvalue weighted by Gasteiger charge is 2.07. The first-order chi connectivity index (χ1) is 11.2. The summed E-state index contributed by atoms with van der Waals surface area (Å²) in [5, 5.41) is 13.5. The highest BCUT2D eigenvalue weighted by molar-refractivity contribution is 5.92. The molecule has 7 nitrogen and oxygen atoms in total. The number of para-hydroxylation sites is 1. The van der Waals surface area contributed by atoms with Gasteiger partial charge in [-0.05, 0) is 40.8 Å². The molecule has 1 N–H and O–H groups in total. The van der Waals surface area contributed by atoms with Crippen LogP contribution in [0.15, 0.2) is 54.9 Å². The van der Waals surface area contributed by atoms with Gasteiger partial charge in [-0.15, -0.1) is 5.10 Å². The highest BCUT2D eigenvalue weighted by Crippen LogP contribution is 2.16. The maximum absolute atomic E-state index is 13.4. The van der Waals surface area contributed by atoms with Gasteiger partial charge < -0.3 is 10.1 Å². The Morgan fingerprint density at radius 3 is 2.87 bits per heavy atom. The molecule has 0 saturated carbocycles. The van der Waals surface area contributed by atoms with Crippen molar-refractivity contribution in [2.24, 2.45) is 0 Å². The monoisotopic (exact) mass is 313 g/mol. The number of anilines is 1. The number of carbonyl (C=O) groups excluding carboxylic acids is 1. The van der Waals surface area contributed by atoms with Gasteiger partial charge in [0.1, 0.15) is 6.33 Å². The van der Waals surface area contributed by atoms with E-state index in [0.717, 1.165) is 0 Å². The molecule has 0 bridgehead atoms. The lowest BCUT2D eigenvalue weighted by atomic mass is 10.3. The lowest BCUT2D eigenvalue weighted by Crippen LogP contribution is -2.20. The minimum absolute atomic E-state index is 0.0325. The molecular weight excluding hydrogens is 301 g/mol. The number of ether oxygens (including phenoxy) is 1. The zero-order valence-corrected chi connectivity index (χ0v) is 11.9. The van der Waals surface area contributed by atoms with Gasteiger partial charge in [-0.3, -0.25) is 4.79 Å². The molecule has 0 aliphatic carbocycles. The van der Waals surface area contributed by atoms with Crippen LogP contribution < -0.4 is 10.1 Å². The Morgan fingerprint density at radius 1 is 1.22 bits per heavy atom. The van der Waals surface area contributed by atoms with E-state index in [1.165, 1.54) is 23.1 Å². The Kier molecular flexibility index (Phi) is 4.23. The van der Waals surface area contributed by atoms with Crippen molar-refractivity contribution in [3.05, 3.63) is 60.7 Å². The molecule has 2 aromatic carbocycles. The highest BCUT2D eigenvalue weighted by atomic mass is 19.1. The summed E-state index contributed by atoms with van der Waals surface area (Å²) in [6.45, 7) is -0.296. The minimum atomic E-state index is -0.513. The van der Waals surface area contributed by atoms with Crippen LogP contribution in [-0.2, 0) is 4.79 Å². The number of benzene rings is 2. The first-order valence-corrected chi connectivity index (χ1v) is 6.73. The van der Waals surface area contributed by atoms with Gasteiger partial charge in [-0.25, -0.2) is 9.07 Å². The maximum atomic E-state index is 13.4. The van der Waals surface area contributed by atoms with Gasteiger partial charge in [0.2, 0.25) is 0 Å². The predicted octanol–water partition coefficient (Wildman–Crippen LogP) is 1.82. The third kappa shape index (κ3) is 3.67. The standard InChI is InChI=1S/C15H12FN5O2/c16-13-6-1-2-7-14(13)23-9-15(22)18-11-4-3-5-12(8-11)21-10-17-19-20-21/h1-8,10H,9H2,(H,18,22). The molecule has 0 radical (unpaired) electrons. The fourth-order valence-corrected chi connectivity index (χ4v) is 1.91. The van der Waals surface area contributed by atoms with E-state index in [0.29, 0.717) is 11.4 Å². The Balaban J connectivity index is 1.62. The van der Waals surface area contributed by atoms with E-state index in [1.54, 1.807) is 36.4 Å². The van der Waals surface area contributed by atoms with Gasteiger partial charge >= 0.3 is 0 Å². The summed E-state index contributed by atoms with van der Waals surface area (Å²) >= 11 is 0. The number of hydrogen-bond acceptors (Lipinski definition) is 5. The van der Waals surface area contributed by atoms with Crippen molar-refractivity contribution in [2.75, 3.05) is 11.9 Å². The normalized spacial score (nSPS) is 10.3. The zero-order chi connectivity index (χ0) is 16.1. The summed E-state index contributed by atoms with van der Waals surface area (Å²) in [6.07, 6.45) is 1.45. The van der Waals surface area contributed by atoms with Crippen LogP contribution in [-0.4, -0.2) is 32.7 Å². The van der Waals surface area contributed by atoms with Gasteiger partial charge in [0.25, 0.3) is 5.91 Å². The predicted molar refractivity (Wildman–Crippen MR) is 79.7 cm³/mol. The second-order valence-corrected chi connectivity index (χ2v) is 4.57. The van der Waals surface area contributed by atoms with Crippen molar-refractivity contribution in [1.82, 2.24) is 20.2 Å². The fraction of sp³-hybridized carbons (Fsp3) is 0.0667.